The molecule has 6 saturated heterocycles. The van der Waals surface area contributed by atoms with E-state index in [-0.39, 0.29) is 92.5 Å². The van der Waals surface area contributed by atoms with Gasteiger partial charge in [0.2, 0.25) is 0 Å². The normalized spacial score (nSPS) is 25.6. The lowest BCUT2D eigenvalue weighted by Gasteiger charge is -2.32. The molecule has 81 heavy (non-hydrogen) atoms. The van der Waals surface area contributed by atoms with Crippen molar-refractivity contribution in [3.05, 3.63) is 0 Å². The van der Waals surface area contributed by atoms with E-state index in [0.717, 1.165) is 157 Å². The summed E-state index contributed by atoms with van der Waals surface area (Å²) in [6.45, 7) is 18.1. The van der Waals surface area contributed by atoms with Gasteiger partial charge in [0.1, 0.15) is 100 Å². The second-order valence-electron chi connectivity index (χ2n) is 28.2. The molecule has 6 fully saturated rings. The number of likely N-dealkylation sites (tertiary alicyclic amines) is 6. The molecule has 0 bridgehead atoms. The molecule has 476 valence electrons. The van der Waals surface area contributed by atoms with Gasteiger partial charge in [-0.05, 0) is 0 Å². The maximum absolute atomic E-state index is 11.3. The average Bonchev–Trinajstić information content (AvgIpc) is 4.31. The van der Waals surface area contributed by atoms with Gasteiger partial charge in [0.15, 0.2) is 0 Å². The Morgan fingerprint density at radius 3 is 0.519 bits per heavy atom. The zero-order valence-electron chi connectivity index (χ0n) is 51.9. The lowest BCUT2D eigenvalue weighted by molar-refractivity contribution is -0.900. The van der Waals surface area contributed by atoms with Crippen LogP contribution < -0.4 is 0 Å². The van der Waals surface area contributed by atoms with Crippen LogP contribution in [0.25, 0.3) is 0 Å². The van der Waals surface area contributed by atoms with Gasteiger partial charge in [0.05, 0.1) is 213 Å². The van der Waals surface area contributed by atoms with Crippen LogP contribution in [0.3, 0.4) is 0 Å². The molecule has 10 unspecified atom stereocenters. The zero-order valence-corrected chi connectivity index (χ0v) is 51.9. The molecule has 0 aliphatic carbocycles. The first-order chi connectivity index (χ1) is 38.6. The molecule has 0 spiro atoms. The maximum Gasteiger partial charge on any atom is 0.126 e. The molecule has 0 aromatic heterocycles. The minimum Gasteiger partial charge on any atom is -0.385 e. The third-order valence-corrected chi connectivity index (χ3v) is 18.9. The van der Waals surface area contributed by atoms with Crippen molar-refractivity contribution in [2.75, 3.05) is 253 Å². The molecule has 21 nitrogen and oxygen atoms in total. The first-order valence-electron chi connectivity index (χ1n) is 32.1. The smallest absolute Gasteiger partial charge is 0.126 e. The van der Waals surface area contributed by atoms with E-state index >= 15 is 0 Å². The summed E-state index contributed by atoms with van der Waals surface area (Å²) >= 11 is 0. The Morgan fingerprint density at radius 1 is 0.222 bits per heavy atom. The lowest BCUT2D eigenvalue weighted by Crippen LogP contribution is -2.48. The maximum atomic E-state index is 11.3. The second kappa shape index (κ2) is 34.6. The summed E-state index contributed by atoms with van der Waals surface area (Å²) in [4.78, 5) is 0. The number of quaternary nitrogens is 6. The van der Waals surface area contributed by atoms with Crippen molar-refractivity contribution in [2.24, 2.45) is 0 Å². The Bertz CT molecular complexity index is 1560. The SMILES string of the molecule is C[N+]1(CC(O)COCC(COCC(COCC(COCC(COCC(O)C[N+]2(C)CCCC2)OCC(O)C[N+]2(C)CCCC2)OCC(O)C[N+]2(C)CCCC2)OCC(O)C[N+]2(C)CCCC2)OCC(O)C[N+]2(C)CCCC2)CCCC1. The van der Waals surface area contributed by atoms with Gasteiger partial charge in [0.25, 0.3) is 0 Å². The summed E-state index contributed by atoms with van der Waals surface area (Å²) in [6, 6.07) is 0. The van der Waals surface area contributed by atoms with Crippen LogP contribution in [0.2, 0.25) is 0 Å². The van der Waals surface area contributed by atoms with Crippen LogP contribution in [0, 0.1) is 0 Å². The highest BCUT2D eigenvalue weighted by atomic mass is 16.6. The Hall–Kier alpha value is -0.840. The number of ether oxygens (including phenoxy) is 9. The standard InChI is InChI=1S/C60H122N6O15/c1-61(19-7-8-20-61)31-51(67)37-73-43-57(78-39-53(69)33-63(3)23-11-12-24-63)45-75-47-59(80-41-55(71)35-65(5)27-15-16-28-65)49-77-50-60(81-42-56(72)36-66(6)29-17-18-30-66)48-76-46-58(79-40-54(70)34-64(4)25-13-14-26-64)44-74-38-52(68)32-62(2)21-9-10-22-62/h51-60,67-72H,7-50H2,1-6H3/q+6. The Morgan fingerprint density at radius 2 is 0.358 bits per heavy atom. The predicted molar refractivity (Wildman–Crippen MR) is 309 cm³/mol. The van der Waals surface area contributed by atoms with Crippen LogP contribution in [-0.2, 0) is 42.6 Å². The van der Waals surface area contributed by atoms with Crippen LogP contribution in [-0.4, -0.2) is 371 Å². The number of aliphatic hydroxyl groups excluding tert-OH is 6. The summed E-state index contributed by atoms with van der Waals surface area (Å²) in [5.74, 6) is 0. The van der Waals surface area contributed by atoms with Gasteiger partial charge < -0.3 is 100 Å². The number of nitrogens with zero attached hydrogens (tertiary/aromatic N) is 6. The van der Waals surface area contributed by atoms with Gasteiger partial charge in [-0.2, -0.15) is 0 Å². The third kappa shape index (κ3) is 26.6. The fourth-order valence-corrected chi connectivity index (χ4v) is 14.3. The Balaban J connectivity index is 1.07. The van der Waals surface area contributed by atoms with Gasteiger partial charge >= 0.3 is 0 Å². The molecule has 21 heteroatoms. The monoisotopic (exact) mass is 1170 g/mol. The van der Waals surface area contributed by atoms with E-state index in [1.807, 2.05) is 0 Å². The fourth-order valence-electron chi connectivity index (χ4n) is 14.3. The number of rotatable bonds is 44. The van der Waals surface area contributed by atoms with Crippen molar-refractivity contribution in [3.63, 3.8) is 0 Å². The van der Waals surface area contributed by atoms with E-state index < -0.39 is 61.0 Å². The molecule has 0 amide bonds. The summed E-state index contributed by atoms with van der Waals surface area (Å²) in [6.07, 6.45) is 7.77. The van der Waals surface area contributed by atoms with Crippen molar-refractivity contribution < 1.29 is 100 Å². The molecule has 6 aliphatic rings. The largest absolute Gasteiger partial charge is 0.385 e. The molecular formula is C60H122N6O15+6. The highest BCUT2D eigenvalue weighted by molar-refractivity contribution is 4.70. The third-order valence-electron chi connectivity index (χ3n) is 18.9. The number of aliphatic hydroxyl groups is 6. The van der Waals surface area contributed by atoms with Gasteiger partial charge in [-0.15, -0.1) is 0 Å². The van der Waals surface area contributed by atoms with Gasteiger partial charge in [-0.1, -0.05) is 0 Å². The van der Waals surface area contributed by atoms with Crippen molar-refractivity contribution in [1.29, 1.82) is 0 Å². The van der Waals surface area contributed by atoms with Crippen LogP contribution in [0.1, 0.15) is 77.0 Å². The first-order valence-corrected chi connectivity index (χ1v) is 32.1. The molecule has 0 radical (unpaired) electrons. The predicted octanol–water partition coefficient (Wildman–Crippen LogP) is 0.218. The zero-order chi connectivity index (χ0) is 58.3. The topological polar surface area (TPSA) is 204 Å². The highest BCUT2D eigenvalue weighted by Crippen LogP contribution is 2.22. The minimum atomic E-state index is -0.688. The summed E-state index contributed by atoms with van der Waals surface area (Å²) in [5, 5.41) is 66.9. The van der Waals surface area contributed by atoms with Crippen molar-refractivity contribution in [1.82, 2.24) is 0 Å². The highest BCUT2D eigenvalue weighted by Gasteiger charge is 2.36. The fraction of sp³-hybridized carbons (Fsp3) is 1.00. The minimum absolute atomic E-state index is 0.102. The quantitative estimate of drug-likeness (QED) is 0.0452. The summed E-state index contributed by atoms with van der Waals surface area (Å²) < 4.78 is 61.9. The van der Waals surface area contributed by atoms with Crippen molar-refractivity contribution in [3.8, 4) is 0 Å². The van der Waals surface area contributed by atoms with Gasteiger partial charge in [-0.25, -0.2) is 0 Å². The molecule has 10 atom stereocenters. The first kappa shape index (κ1) is 69.3. The van der Waals surface area contributed by atoms with E-state index in [9.17, 15) is 30.6 Å². The second-order valence-corrected chi connectivity index (χ2v) is 28.2. The lowest BCUT2D eigenvalue weighted by atomic mass is 10.3. The van der Waals surface area contributed by atoms with E-state index in [1.165, 1.54) is 25.7 Å². The van der Waals surface area contributed by atoms with Gasteiger partial charge in [0, 0.05) is 77.0 Å². The van der Waals surface area contributed by atoms with Crippen LogP contribution in [0.15, 0.2) is 0 Å². The van der Waals surface area contributed by atoms with Crippen molar-refractivity contribution >= 4 is 0 Å². The number of hydrogen-bond acceptors (Lipinski definition) is 15. The Labute approximate surface area is 489 Å². The van der Waals surface area contributed by atoms with E-state index in [0.29, 0.717) is 39.3 Å². The van der Waals surface area contributed by atoms with Crippen LogP contribution >= 0.6 is 0 Å². The molecule has 6 heterocycles. The molecule has 6 aliphatic heterocycles. The van der Waals surface area contributed by atoms with E-state index in [4.69, 9.17) is 42.6 Å². The molecule has 0 aromatic carbocycles. The number of hydrogen-bond donors (Lipinski definition) is 6. The van der Waals surface area contributed by atoms with Gasteiger partial charge in [-0.3, -0.25) is 0 Å². The van der Waals surface area contributed by atoms with Crippen LogP contribution in [0.4, 0.5) is 0 Å². The summed E-state index contributed by atoms with van der Waals surface area (Å²) in [7, 11) is 13.2. The molecule has 0 aromatic rings. The molecule has 6 rings (SSSR count). The van der Waals surface area contributed by atoms with E-state index in [1.54, 1.807) is 0 Å². The average molecular weight is 1170 g/mol. The van der Waals surface area contributed by atoms with Crippen molar-refractivity contribution in [2.45, 2.75) is 138 Å². The number of likely N-dealkylation sites (N-methyl/N-ethyl adjacent to an activating group) is 6. The van der Waals surface area contributed by atoms with E-state index in [2.05, 4.69) is 42.3 Å². The molecule has 0 saturated carbocycles. The molecular weight excluding hydrogens is 1040 g/mol. The Kier molecular flexibility index (Phi) is 29.6. The summed E-state index contributed by atoms with van der Waals surface area (Å²) in [5.41, 5.74) is 0. The molecule has 6 N–H and O–H groups in total. The van der Waals surface area contributed by atoms with Crippen LogP contribution in [0.5, 0.6) is 0 Å².